The maximum atomic E-state index is 12.5. The number of rotatable bonds is 6. The van der Waals surface area contributed by atoms with E-state index in [0.717, 1.165) is 4.90 Å². The van der Waals surface area contributed by atoms with Gasteiger partial charge in [-0.1, -0.05) is 34.1 Å². The zero-order chi connectivity index (χ0) is 21.0. The molecule has 29 heavy (non-hydrogen) atoms. The van der Waals surface area contributed by atoms with Gasteiger partial charge in [0, 0.05) is 16.7 Å². The number of carbonyl (C=O) groups is 4. The average molecular weight is 455 g/mol. The summed E-state index contributed by atoms with van der Waals surface area (Å²) >= 11 is 3.26. The van der Waals surface area contributed by atoms with Gasteiger partial charge in [-0.2, -0.15) is 5.26 Å². The summed E-state index contributed by atoms with van der Waals surface area (Å²) in [5.74, 6) is -2.02. The maximum absolute atomic E-state index is 12.5. The Bertz CT molecular complexity index is 1060. The normalized spacial score (nSPS) is 12.3. The molecule has 146 valence electrons. The molecule has 0 fully saturated rings. The molecule has 8 nitrogen and oxygen atoms in total. The fourth-order valence-electron chi connectivity index (χ4n) is 2.86. The predicted octanol–water partition coefficient (Wildman–Crippen LogP) is 2.21. The van der Waals surface area contributed by atoms with Crippen LogP contribution in [0, 0.1) is 11.3 Å². The summed E-state index contributed by atoms with van der Waals surface area (Å²) < 4.78 is 0.663. The van der Waals surface area contributed by atoms with Gasteiger partial charge >= 0.3 is 0 Å². The van der Waals surface area contributed by atoms with E-state index in [-0.39, 0.29) is 24.1 Å². The fourth-order valence-corrected chi connectivity index (χ4v) is 3.23. The maximum Gasteiger partial charge on any atom is 0.262 e. The summed E-state index contributed by atoms with van der Waals surface area (Å²) in [5.41, 5.74) is 1.57. The minimum atomic E-state index is -0.547. The quantitative estimate of drug-likeness (QED) is 0.648. The van der Waals surface area contributed by atoms with Crippen molar-refractivity contribution in [2.24, 2.45) is 0 Å². The minimum Gasteiger partial charge on any atom is -0.351 e. The van der Waals surface area contributed by atoms with Gasteiger partial charge in [-0.15, -0.1) is 0 Å². The molecule has 2 aromatic rings. The van der Waals surface area contributed by atoms with Crippen molar-refractivity contribution in [1.82, 2.24) is 10.2 Å². The van der Waals surface area contributed by atoms with Crippen molar-refractivity contribution in [2.75, 3.05) is 11.9 Å². The number of amides is 4. The van der Waals surface area contributed by atoms with Crippen molar-refractivity contribution in [2.45, 2.75) is 13.0 Å². The summed E-state index contributed by atoms with van der Waals surface area (Å²) in [6, 6.07) is 13.3. The van der Waals surface area contributed by atoms with Crippen LogP contribution in [0.1, 0.15) is 32.7 Å². The lowest BCUT2D eigenvalue weighted by atomic mass is 10.1. The van der Waals surface area contributed by atoms with Crippen molar-refractivity contribution >= 4 is 45.2 Å². The SMILES string of the molecule is N#CCC(=O)NCc1ccccc1NC(=O)CN1C(=O)c2ccc(Br)cc2C1=O. The lowest BCUT2D eigenvalue weighted by molar-refractivity contribution is -0.120. The molecule has 0 bridgehead atoms. The molecule has 2 N–H and O–H groups in total. The number of carbonyl (C=O) groups excluding carboxylic acids is 4. The number of benzene rings is 2. The summed E-state index contributed by atoms with van der Waals surface area (Å²) in [6.07, 6.45) is -0.260. The van der Waals surface area contributed by atoms with Crippen LogP contribution >= 0.6 is 15.9 Å². The molecule has 0 saturated carbocycles. The number of anilines is 1. The molecule has 2 aromatic carbocycles. The van der Waals surface area contributed by atoms with E-state index < -0.39 is 30.2 Å². The molecule has 9 heteroatoms. The molecule has 0 atom stereocenters. The molecule has 0 aromatic heterocycles. The Morgan fingerprint density at radius 3 is 2.52 bits per heavy atom. The summed E-state index contributed by atoms with van der Waals surface area (Å²) in [5, 5.41) is 13.8. The van der Waals surface area contributed by atoms with Gasteiger partial charge in [-0.05, 0) is 29.8 Å². The van der Waals surface area contributed by atoms with Crippen LogP contribution < -0.4 is 10.6 Å². The van der Waals surface area contributed by atoms with Gasteiger partial charge in [0.05, 0.1) is 17.2 Å². The largest absolute Gasteiger partial charge is 0.351 e. The molecular formula is C20H15BrN4O4. The number of hydrogen-bond donors (Lipinski definition) is 2. The molecule has 0 unspecified atom stereocenters. The Kier molecular flexibility index (Phi) is 6.04. The number of nitriles is 1. The van der Waals surface area contributed by atoms with E-state index in [0.29, 0.717) is 15.7 Å². The monoisotopic (exact) mass is 454 g/mol. The fraction of sp³-hybridized carbons (Fsp3) is 0.150. The van der Waals surface area contributed by atoms with E-state index in [1.165, 1.54) is 6.07 Å². The van der Waals surface area contributed by atoms with Gasteiger partial charge < -0.3 is 10.6 Å². The van der Waals surface area contributed by atoms with E-state index >= 15 is 0 Å². The molecule has 0 spiro atoms. The third-order valence-electron chi connectivity index (χ3n) is 4.24. The lowest BCUT2D eigenvalue weighted by Crippen LogP contribution is -2.37. The van der Waals surface area contributed by atoms with E-state index in [1.807, 2.05) is 0 Å². The molecule has 0 radical (unpaired) electrons. The topological polar surface area (TPSA) is 119 Å². The lowest BCUT2D eigenvalue weighted by Gasteiger charge is -2.15. The molecule has 1 aliphatic rings. The molecule has 4 amide bonds. The van der Waals surface area contributed by atoms with Crippen LogP contribution in [-0.2, 0) is 16.1 Å². The van der Waals surface area contributed by atoms with Crippen LogP contribution in [0.5, 0.6) is 0 Å². The van der Waals surface area contributed by atoms with Crippen LogP contribution in [0.2, 0.25) is 0 Å². The minimum absolute atomic E-state index is 0.123. The smallest absolute Gasteiger partial charge is 0.262 e. The molecule has 0 saturated heterocycles. The summed E-state index contributed by atoms with van der Waals surface area (Å²) in [4.78, 5) is 49.8. The first-order chi connectivity index (χ1) is 13.9. The highest BCUT2D eigenvalue weighted by molar-refractivity contribution is 9.10. The predicted molar refractivity (Wildman–Crippen MR) is 107 cm³/mol. The number of nitrogens with zero attached hydrogens (tertiary/aromatic N) is 2. The van der Waals surface area contributed by atoms with E-state index in [4.69, 9.17) is 5.26 Å². The Morgan fingerprint density at radius 1 is 1.03 bits per heavy atom. The first-order valence-corrected chi connectivity index (χ1v) is 9.37. The molecule has 3 rings (SSSR count). The first kappa shape index (κ1) is 20.2. The molecule has 1 aliphatic heterocycles. The number of halogens is 1. The van der Waals surface area contributed by atoms with Crippen LogP contribution in [0.15, 0.2) is 46.9 Å². The van der Waals surface area contributed by atoms with Gasteiger partial charge in [0.2, 0.25) is 11.8 Å². The average Bonchev–Trinajstić information content (AvgIpc) is 2.92. The zero-order valence-corrected chi connectivity index (χ0v) is 16.7. The second-order valence-electron chi connectivity index (χ2n) is 6.20. The highest BCUT2D eigenvalue weighted by atomic mass is 79.9. The Balaban J connectivity index is 1.68. The third-order valence-corrected chi connectivity index (χ3v) is 4.73. The Hall–Kier alpha value is -3.51. The Labute approximate surface area is 174 Å². The van der Waals surface area contributed by atoms with Gasteiger partial charge in [0.25, 0.3) is 11.8 Å². The second kappa shape index (κ2) is 8.67. The van der Waals surface area contributed by atoms with Crippen molar-refractivity contribution in [3.63, 3.8) is 0 Å². The van der Waals surface area contributed by atoms with Crippen LogP contribution in [-0.4, -0.2) is 35.1 Å². The van der Waals surface area contributed by atoms with Gasteiger partial charge in [-0.3, -0.25) is 24.1 Å². The highest BCUT2D eigenvalue weighted by Gasteiger charge is 2.36. The standard InChI is InChI=1S/C20H15BrN4O4/c21-13-5-6-14-15(9-13)20(29)25(19(14)28)11-18(27)24-16-4-2-1-3-12(16)10-23-17(26)7-8-22/h1-6,9H,7,10-11H2,(H,23,26)(H,24,27). The van der Waals surface area contributed by atoms with E-state index in [1.54, 1.807) is 42.5 Å². The Morgan fingerprint density at radius 2 is 1.76 bits per heavy atom. The molecule has 1 heterocycles. The van der Waals surface area contributed by atoms with Gasteiger partial charge in [0.1, 0.15) is 13.0 Å². The number of para-hydroxylation sites is 1. The van der Waals surface area contributed by atoms with Crippen molar-refractivity contribution < 1.29 is 19.2 Å². The molecule has 0 aliphatic carbocycles. The van der Waals surface area contributed by atoms with Crippen LogP contribution in [0.25, 0.3) is 0 Å². The third kappa shape index (κ3) is 4.50. The van der Waals surface area contributed by atoms with E-state index in [9.17, 15) is 19.2 Å². The van der Waals surface area contributed by atoms with Crippen molar-refractivity contribution in [1.29, 1.82) is 5.26 Å². The van der Waals surface area contributed by atoms with Gasteiger partial charge in [0.15, 0.2) is 0 Å². The highest BCUT2D eigenvalue weighted by Crippen LogP contribution is 2.26. The summed E-state index contributed by atoms with van der Waals surface area (Å²) in [6.45, 7) is -0.308. The van der Waals surface area contributed by atoms with Crippen molar-refractivity contribution in [3.05, 3.63) is 63.6 Å². The van der Waals surface area contributed by atoms with E-state index in [2.05, 4.69) is 26.6 Å². The number of hydrogen-bond acceptors (Lipinski definition) is 5. The number of nitrogens with one attached hydrogen (secondary N) is 2. The van der Waals surface area contributed by atoms with Crippen LogP contribution in [0.3, 0.4) is 0 Å². The number of fused-ring (bicyclic) bond motifs is 1. The number of imide groups is 1. The van der Waals surface area contributed by atoms with Gasteiger partial charge in [-0.25, -0.2) is 0 Å². The van der Waals surface area contributed by atoms with Crippen LogP contribution in [0.4, 0.5) is 5.69 Å². The molecular weight excluding hydrogens is 440 g/mol. The first-order valence-electron chi connectivity index (χ1n) is 8.58. The second-order valence-corrected chi connectivity index (χ2v) is 7.12. The summed E-state index contributed by atoms with van der Waals surface area (Å²) in [7, 11) is 0. The zero-order valence-electron chi connectivity index (χ0n) is 15.1. The van der Waals surface area contributed by atoms with Crippen molar-refractivity contribution in [3.8, 4) is 6.07 Å².